The molecule has 1 saturated heterocycles. The van der Waals surface area contributed by atoms with Gasteiger partial charge in [0, 0.05) is 25.9 Å². The van der Waals surface area contributed by atoms with Gasteiger partial charge in [0.25, 0.3) is 5.92 Å². The molecule has 0 atom stereocenters. The second-order valence-electron chi connectivity index (χ2n) is 5.22. The zero-order chi connectivity index (χ0) is 12.4. The summed E-state index contributed by atoms with van der Waals surface area (Å²) in [5.41, 5.74) is -0.517. The Morgan fingerprint density at radius 3 is 2.25 bits per heavy atom. The molecule has 0 aliphatic carbocycles. The number of alkyl halides is 2. The lowest BCUT2D eigenvalue weighted by Crippen LogP contribution is -2.43. The SMILES string of the molecule is CC(C)(C)OC(=O)CN1CCC(F)(F)CC1. The number of carbonyl (C=O) groups excluding carboxylic acids is 1. The molecule has 0 unspecified atom stereocenters. The van der Waals surface area contributed by atoms with Crippen molar-refractivity contribution < 1.29 is 18.3 Å². The van der Waals surface area contributed by atoms with Crippen molar-refractivity contribution in [3.05, 3.63) is 0 Å². The number of halogens is 2. The minimum absolute atomic E-state index is 0.105. The molecule has 1 aliphatic rings. The van der Waals surface area contributed by atoms with Crippen LogP contribution in [0.4, 0.5) is 8.78 Å². The fourth-order valence-corrected chi connectivity index (χ4v) is 1.59. The maximum atomic E-state index is 12.8. The van der Waals surface area contributed by atoms with Gasteiger partial charge in [0.1, 0.15) is 5.60 Å². The van der Waals surface area contributed by atoms with Gasteiger partial charge in [0.2, 0.25) is 0 Å². The Bertz CT molecular complexity index is 251. The molecule has 1 rings (SSSR count). The molecule has 3 nitrogen and oxygen atoms in total. The number of carbonyl (C=O) groups is 1. The number of ether oxygens (including phenoxy) is 1. The largest absolute Gasteiger partial charge is 0.459 e. The Hall–Kier alpha value is -0.710. The number of likely N-dealkylation sites (tertiary alicyclic amines) is 1. The molecule has 0 aromatic rings. The molecule has 0 saturated carbocycles. The molecule has 1 heterocycles. The van der Waals surface area contributed by atoms with Crippen molar-refractivity contribution in [3.8, 4) is 0 Å². The van der Waals surface area contributed by atoms with Crippen LogP contribution in [0.1, 0.15) is 33.6 Å². The van der Waals surface area contributed by atoms with Crippen molar-refractivity contribution in [3.63, 3.8) is 0 Å². The van der Waals surface area contributed by atoms with Gasteiger partial charge in [-0.25, -0.2) is 8.78 Å². The van der Waals surface area contributed by atoms with Crippen molar-refractivity contribution in [2.24, 2.45) is 0 Å². The third-order valence-electron chi connectivity index (χ3n) is 2.36. The van der Waals surface area contributed by atoms with Crippen LogP contribution in [0.3, 0.4) is 0 Å². The van der Waals surface area contributed by atoms with Crippen LogP contribution in [-0.2, 0) is 9.53 Å². The summed E-state index contributed by atoms with van der Waals surface area (Å²) in [6.45, 7) is 5.98. The van der Waals surface area contributed by atoms with E-state index in [2.05, 4.69) is 0 Å². The standard InChI is InChI=1S/C11H19F2NO2/c1-10(2,3)16-9(15)8-14-6-4-11(12,13)5-7-14/h4-8H2,1-3H3. The van der Waals surface area contributed by atoms with Crippen LogP contribution in [0.2, 0.25) is 0 Å². The van der Waals surface area contributed by atoms with Gasteiger partial charge >= 0.3 is 5.97 Å². The van der Waals surface area contributed by atoms with E-state index in [1.165, 1.54) is 0 Å². The molecule has 0 amide bonds. The van der Waals surface area contributed by atoms with E-state index >= 15 is 0 Å². The number of hydrogen-bond donors (Lipinski definition) is 0. The first-order valence-electron chi connectivity index (χ1n) is 5.50. The molecule has 1 aliphatic heterocycles. The van der Waals surface area contributed by atoms with E-state index in [-0.39, 0.29) is 38.4 Å². The van der Waals surface area contributed by atoms with Gasteiger partial charge in [-0.2, -0.15) is 0 Å². The zero-order valence-corrected chi connectivity index (χ0v) is 10.1. The molecule has 0 aromatic heterocycles. The van der Waals surface area contributed by atoms with Gasteiger partial charge in [-0.05, 0) is 20.8 Å². The van der Waals surface area contributed by atoms with E-state index in [1.807, 2.05) is 0 Å². The molecule has 5 heteroatoms. The molecule has 0 bridgehead atoms. The van der Waals surface area contributed by atoms with Gasteiger partial charge in [-0.1, -0.05) is 0 Å². The summed E-state index contributed by atoms with van der Waals surface area (Å²) >= 11 is 0. The predicted octanol–water partition coefficient (Wildman–Crippen LogP) is 2.06. The van der Waals surface area contributed by atoms with Crippen LogP contribution in [-0.4, -0.2) is 42.0 Å². The van der Waals surface area contributed by atoms with E-state index in [4.69, 9.17) is 4.74 Å². The Balaban J connectivity index is 2.32. The van der Waals surface area contributed by atoms with Crippen molar-refractivity contribution in [1.82, 2.24) is 4.90 Å². The number of hydrogen-bond acceptors (Lipinski definition) is 3. The highest BCUT2D eigenvalue weighted by Crippen LogP contribution is 2.27. The highest BCUT2D eigenvalue weighted by molar-refractivity contribution is 5.72. The predicted molar refractivity (Wildman–Crippen MR) is 56.5 cm³/mol. The summed E-state index contributed by atoms with van der Waals surface area (Å²) in [6, 6.07) is 0. The first kappa shape index (κ1) is 13.4. The average molecular weight is 235 g/mol. The average Bonchev–Trinajstić information content (AvgIpc) is 2.05. The molecule has 0 N–H and O–H groups in total. The minimum atomic E-state index is -2.57. The van der Waals surface area contributed by atoms with Gasteiger partial charge in [0.15, 0.2) is 0 Å². The summed E-state index contributed by atoms with van der Waals surface area (Å²) in [7, 11) is 0. The maximum absolute atomic E-state index is 12.8. The highest BCUT2D eigenvalue weighted by Gasteiger charge is 2.34. The van der Waals surface area contributed by atoms with Crippen LogP contribution in [0.25, 0.3) is 0 Å². The fraction of sp³-hybridized carbons (Fsp3) is 0.909. The van der Waals surface area contributed by atoms with Crippen LogP contribution in [0, 0.1) is 0 Å². The number of piperidine rings is 1. The van der Waals surface area contributed by atoms with E-state index in [0.717, 1.165) is 0 Å². The van der Waals surface area contributed by atoms with E-state index in [0.29, 0.717) is 0 Å². The number of rotatable bonds is 2. The first-order valence-corrected chi connectivity index (χ1v) is 5.50. The molecule has 16 heavy (non-hydrogen) atoms. The quantitative estimate of drug-likeness (QED) is 0.686. The lowest BCUT2D eigenvalue weighted by atomic mass is 10.1. The topological polar surface area (TPSA) is 29.5 Å². The lowest BCUT2D eigenvalue weighted by molar-refractivity contribution is -0.157. The summed E-state index contributed by atoms with van der Waals surface area (Å²) in [4.78, 5) is 13.2. The summed E-state index contributed by atoms with van der Waals surface area (Å²) in [5.74, 6) is -2.91. The maximum Gasteiger partial charge on any atom is 0.320 e. The molecule has 0 spiro atoms. The Labute approximate surface area is 94.7 Å². The lowest BCUT2D eigenvalue weighted by Gasteiger charge is -2.31. The number of nitrogens with zero attached hydrogens (tertiary/aromatic N) is 1. The Morgan fingerprint density at radius 1 is 1.31 bits per heavy atom. The molecular weight excluding hydrogens is 216 g/mol. The molecular formula is C11H19F2NO2. The molecule has 94 valence electrons. The van der Waals surface area contributed by atoms with Crippen molar-refractivity contribution in [1.29, 1.82) is 0 Å². The first-order chi connectivity index (χ1) is 7.18. The summed E-state index contributed by atoms with van der Waals surface area (Å²) < 4.78 is 30.8. The van der Waals surface area contributed by atoms with Crippen molar-refractivity contribution in [2.75, 3.05) is 19.6 Å². The van der Waals surface area contributed by atoms with Crippen LogP contribution < -0.4 is 0 Å². The normalized spacial score (nSPS) is 21.8. The van der Waals surface area contributed by atoms with Gasteiger partial charge in [0.05, 0.1) is 6.54 Å². The fourth-order valence-electron chi connectivity index (χ4n) is 1.59. The minimum Gasteiger partial charge on any atom is -0.459 e. The van der Waals surface area contributed by atoms with Crippen molar-refractivity contribution >= 4 is 5.97 Å². The monoisotopic (exact) mass is 235 g/mol. The summed E-state index contributed by atoms with van der Waals surface area (Å²) in [5, 5.41) is 0. The van der Waals surface area contributed by atoms with Gasteiger partial charge < -0.3 is 4.74 Å². The molecule has 0 radical (unpaired) electrons. The van der Waals surface area contributed by atoms with Crippen molar-refractivity contribution in [2.45, 2.75) is 45.1 Å². The van der Waals surface area contributed by atoms with Crippen LogP contribution in [0.5, 0.6) is 0 Å². The third-order valence-corrected chi connectivity index (χ3v) is 2.36. The molecule has 0 aromatic carbocycles. The van der Waals surface area contributed by atoms with E-state index in [1.54, 1.807) is 25.7 Å². The van der Waals surface area contributed by atoms with E-state index in [9.17, 15) is 13.6 Å². The second kappa shape index (κ2) is 4.65. The van der Waals surface area contributed by atoms with Crippen LogP contribution in [0.15, 0.2) is 0 Å². The van der Waals surface area contributed by atoms with Gasteiger partial charge in [-0.15, -0.1) is 0 Å². The Morgan fingerprint density at radius 2 is 1.81 bits per heavy atom. The van der Waals surface area contributed by atoms with Crippen LogP contribution >= 0.6 is 0 Å². The number of esters is 1. The van der Waals surface area contributed by atoms with E-state index < -0.39 is 11.5 Å². The second-order valence-corrected chi connectivity index (χ2v) is 5.22. The Kier molecular flexibility index (Phi) is 3.88. The molecule has 1 fully saturated rings. The third kappa shape index (κ3) is 4.88. The van der Waals surface area contributed by atoms with Gasteiger partial charge in [-0.3, -0.25) is 9.69 Å². The highest BCUT2D eigenvalue weighted by atomic mass is 19.3. The summed E-state index contributed by atoms with van der Waals surface area (Å²) in [6.07, 6.45) is -0.342. The zero-order valence-electron chi connectivity index (χ0n) is 10.1. The smallest absolute Gasteiger partial charge is 0.320 e.